The predicted molar refractivity (Wildman–Crippen MR) is 130 cm³/mol. The molecular weight excluding hydrogens is 417 g/mol. The molecule has 1 fully saturated rings. The Kier molecular flexibility index (Phi) is 5.26. The summed E-state index contributed by atoms with van der Waals surface area (Å²) in [6.07, 6.45) is 3.69. The lowest BCUT2D eigenvalue weighted by Crippen LogP contribution is -2.45. The number of aromatic amines is 2. The van der Waals surface area contributed by atoms with Crippen LogP contribution in [0.5, 0.6) is 0 Å². The monoisotopic (exact) mass is 443 g/mol. The first-order valence-electron chi connectivity index (χ1n) is 11.0. The molecule has 5 rings (SSSR count). The number of fused-ring (bicyclic) bond motifs is 1. The second kappa shape index (κ2) is 8.26. The molecule has 2 aromatic carbocycles. The van der Waals surface area contributed by atoms with Crippen LogP contribution in [0.15, 0.2) is 48.5 Å². The number of aromatic nitrogens is 2. The van der Waals surface area contributed by atoms with Gasteiger partial charge in [-0.3, -0.25) is 4.79 Å². The number of hydrogen-bond acceptors (Lipinski definition) is 3. The highest BCUT2D eigenvalue weighted by atomic mass is 19.1. The summed E-state index contributed by atoms with van der Waals surface area (Å²) >= 11 is 0. The van der Waals surface area contributed by atoms with Gasteiger partial charge in [0, 0.05) is 40.6 Å². The number of carbonyl (C=O) groups excluding carboxylic acids is 1. The molecule has 0 spiro atoms. The van der Waals surface area contributed by atoms with E-state index in [1.54, 1.807) is 17.0 Å². The standard InChI is InChI=1S/C26H26FN5O/c1-15-20(25-19(8-3-9-22(25)30-15)16-5-2-6-17(27)11-16)12-23-21(13-24(29)31-23)26(33)32-10-4-7-18(28)14-32/h2-3,5-6,8-9,11-13,18,30-31H,1,4,7,10,14,28-29H2/b20-12+. The van der Waals surface area contributed by atoms with E-state index in [0.29, 0.717) is 35.5 Å². The summed E-state index contributed by atoms with van der Waals surface area (Å²) in [5, 5.41) is 2.41. The van der Waals surface area contributed by atoms with Crippen molar-refractivity contribution in [2.45, 2.75) is 18.9 Å². The smallest absolute Gasteiger partial charge is 0.256 e. The zero-order valence-electron chi connectivity index (χ0n) is 18.2. The van der Waals surface area contributed by atoms with Gasteiger partial charge in [-0.25, -0.2) is 4.39 Å². The Balaban J connectivity index is 1.68. The third-order valence-corrected chi connectivity index (χ3v) is 6.21. The van der Waals surface area contributed by atoms with Crippen LogP contribution in [0.25, 0.3) is 34.7 Å². The first-order valence-corrected chi connectivity index (χ1v) is 11.0. The number of rotatable bonds is 3. The van der Waals surface area contributed by atoms with Gasteiger partial charge < -0.3 is 26.3 Å². The van der Waals surface area contributed by atoms with E-state index in [2.05, 4.69) is 16.5 Å². The van der Waals surface area contributed by atoms with Gasteiger partial charge in [-0.2, -0.15) is 0 Å². The number of H-pyrrole nitrogens is 2. The van der Waals surface area contributed by atoms with Crippen molar-refractivity contribution in [1.29, 1.82) is 0 Å². The SMILES string of the molecule is C=c1[nH]c2cccc(-c3cccc(F)c3)c2/c1=C/c1[nH]c(N)cc1C(=O)N1CCCC(N)C1. The van der Waals surface area contributed by atoms with Crippen LogP contribution < -0.4 is 22.0 Å². The fourth-order valence-corrected chi connectivity index (χ4v) is 4.68. The van der Waals surface area contributed by atoms with Gasteiger partial charge in [0.15, 0.2) is 0 Å². The van der Waals surface area contributed by atoms with E-state index >= 15 is 0 Å². The van der Waals surface area contributed by atoms with E-state index in [0.717, 1.165) is 40.1 Å². The number of anilines is 1. The van der Waals surface area contributed by atoms with Crippen molar-refractivity contribution >= 4 is 35.3 Å². The van der Waals surface area contributed by atoms with Crippen molar-refractivity contribution in [2.24, 2.45) is 5.73 Å². The van der Waals surface area contributed by atoms with Gasteiger partial charge in [0.05, 0.1) is 11.3 Å². The molecule has 6 nitrogen and oxygen atoms in total. The maximum atomic E-state index is 14.0. The van der Waals surface area contributed by atoms with Crippen LogP contribution >= 0.6 is 0 Å². The summed E-state index contributed by atoms with van der Waals surface area (Å²) in [7, 11) is 0. The molecule has 2 aromatic heterocycles. The number of piperidine rings is 1. The van der Waals surface area contributed by atoms with Gasteiger partial charge in [-0.05, 0) is 54.3 Å². The number of halogens is 1. The number of nitrogen functional groups attached to an aromatic ring is 1. The molecule has 1 saturated heterocycles. The lowest BCUT2D eigenvalue weighted by molar-refractivity contribution is 0.0709. The number of likely N-dealkylation sites (tertiary alicyclic amines) is 1. The molecule has 1 amide bonds. The Morgan fingerprint density at radius 1 is 1.18 bits per heavy atom. The number of hydrogen-bond donors (Lipinski definition) is 4. The molecule has 33 heavy (non-hydrogen) atoms. The Bertz CT molecular complexity index is 1470. The zero-order valence-corrected chi connectivity index (χ0v) is 18.2. The van der Waals surface area contributed by atoms with E-state index in [1.807, 2.05) is 30.3 Å². The van der Waals surface area contributed by atoms with E-state index in [1.165, 1.54) is 12.1 Å². The lowest BCUT2D eigenvalue weighted by atomic mass is 10.00. The molecule has 4 aromatic rings. The van der Waals surface area contributed by atoms with Gasteiger partial charge in [0.2, 0.25) is 0 Å². The first-order chi connectivity index (χ1) is 15.9. The van der Waals surface area contributed by atoms with Crippen molar-refractivity contribution in [1.82, 2.24) is 14.9 Å². The third kappa shape index (κ3) is 3.91. The number of benzene rings is 2. The summed E-state index contributed by atoms with van der Waals surface area (Å²) in [5.41, 5.74) is 15.8. The van der Waals surface area contributed by atoms with Crippen LogP contribution in [0.1, 0.15) is 28.9 Å². The summed E-state index contributed by atoms with van der Waals surface area (Å²) in [6, 6.07) is 14.0. The van der Waals surface area contributed by atoms with Crippen molar-refractivity contribution in [3.63, 3.8) is 0 Å². The molecule has 0 aliphatic carbocycles. The van der Waals surface area contributed by atoms with Gasteiger partial charge in [-0.15, -0.1) is 0 Å². The Labute approximate surface area is 190 Å². The van der Waals surface area contributed by atoms with Crippen molar-refractivity contribution < 1.29 is 9.18 Å². The average Bonchev–Trinajstić information content (AvgIpc) is 3.32. The van der Waals surface area contributed by atoms with Crippen LogP contribution in [-0.4, -0.2) is 39.9 Å². The molecule has 7 heteroatoms. The molecule has 0 radical (unpaired) electrons. The fourth-order valence-electron chi connectivity index (χ4n) is 4.68. The summed E-state index contributed by atoms with van der Waals surface area (Å²) < 4.78 is 14.0. The van der Waals surface area contributed by atoms with E-state index in [-0.39, 0.29) is 17.8 Å². The minimum Gasteiger partial charge on any atom is -0.385 e. The summed E-state index contributed by atoms with van der Waals surface area (Å²) in [6.45, 7) is 5.37. The molecule has 168 valence electrons. The maximum Gasteiger partial charge on any atom is 0.256 e. The van der Waals surface area contributed by atoms with Gasteiger partial charge in [0.1, 0.15) is 11.6 Å². The van der Waals surface area contributed by atoms with E-state index in [9.17, 15) is 9.18 Å². The van der Waals surface area contributed by atoms with Crippen molar-refractivity contribution in [2.75, 3.05) is 18.8 Å². The lowest BCUT2D eigenvalue weighted by Gasteiger charge is -2.30. The van der Waals surface area contributed by atoms with Crippen LogP contribution in [0, 0.1) is 5.82 Å². The molecule has 6 N–H and O–H groups in total. The fraction of sp³-hybridized carbons (Fsp3) is 0.192. The zero-order chi connectivity index (χ0) is 23.1. The Hall–Kier alpha value is -3.84. The number of nitrogens with zero attached hydrogens (tertiary/aromatic N) is 1. The van der Waals surface area contributed by atoms with Gasteiger partial charge >= 0.3 is 0 Å². The number of amides is 1. The van der Waals surface area contributed by atoms with E-state index in [4.69, 9.17) is 11.5 Å². The maximum absolute atomic E-state index is 14.0. The highest BCUT2D eigenvalue weighted by Gasteiger charge is 2.25. The van der Waals surface area contributed by atoms with Gasteiger partial charge in [0.25, 0.3) is 5.91 Å². The van der Waals surface area contributed by atoms with E-state index < -0.39 is 0 Å². The van der Waals surface area contributed by atoms with Crippen LogP contribution in [-0.2, 0) is 0 Å². The number of nitrogens with two attached hydrogens (primary N) is 2. The second-order valence-electron chi connectivity index (χ2n) is 8.61. The van der Waals surface area contributed by atoms with Crippen molar-refractivity contribution in [3.05, 3.63) is 76.2 Å². The molecule has 1 aliphatic heterocycles. The van der Waals surface area contributed by atoms with Gasteiger partial charge in [-0.1, -0.05) is 30.8 Å². The third-order valence-electron chi connectivity index (χ3n) is 6.21. The van der Waals surface area contributed by atoms with Crippen LogP contribution in [0.4, 0.5) is 10.2 Å². The summed E-state index contributed by atoms with van der Waals surface area (Å²) in [5.74, 6) is 0.00653. The summed E-state index contributed by atoms with van der Waals surface area (Å²) in [4.78, 5) is 21.5. The second-order valence-corrected chi connectivity index (χ2v) is 8.61. The average molecular weight is 444 g/mol. The molecular formula is C26H26FN5O. The molecule has 1 unspecified atom stereocenters. The first kappa shape index (κ1) is 21.0. The molecule has 0 bridgehead atoms. The highest BCUT2D eigenvalue weighted by Crippen LogP contribution is 2.26. The molecule has 1 aliphatic rings. The largest absolute Gasteiger partial charge is 0.385 e. The minimum atomic E-state index is -0.301. The molecule has 3 heterocycles. The number of nitrogens with one attached hydrogen (secondary N) is 2. The molecule has 1 atom stereocenters. The Morgan fingerprint density at radius 2 is 2.00 bits per heavy atom. The minimum absolute atomic E-state index is 0.0136. The topological polar surface area (TPSA) is 104 Å². The van der Waals surface area contributed by atoms with Crippen LogP contribution in [0.3, 0.4) is 0 Å². The van der Waals surface area contributed by atoms with Crippen molar-refractivity contribution in [3.8, 4) is 11.1 Å². The Morgan fingerprint density at radius 3 is 2.79 bits per heavy atom. The number of carbonyl (C=O) groups is 1. The normalized spacial score (nSPS) is 17.1. The highest BCUT2D eigenvalue weighted by molar-refractivity contribution is 6.00. The van der Waals surface area contributed by atoms with Crippen LogP contribution in [0.2, 0.25) is 0 Å². The predicted octanol–water partition coefficient (Wildman–Crippen LogP) is 2.69. The quantitative estimate of drug-likeness (QED) is 0.391. The molecule has 0 saturated carbocycles.